The van der Waals surface area contributed by atoms with Gasteiger partial charge in [0.25, 0.3) is 0 Å². The zero-order chi connectivity index (χ0) is 13.0. The van der Waals surface area contributed by atoms with Crippen molar-refractivity contribution in [3.63, 3.8) is 0 Å². The van der Waals surface area contributed by atoms with Crippen LogP contribution in [-0.4, -0.2) is 24.2 Å². The Morgan fingerprint density at radius 2 is 2.11 bits per heavy atom. The normalized spacial score (nSPS) is 20.3. The van der Waals surface area contributed by atoms with Crippen molar-refractivity contribution in [1.82, 2.24) is 0 Å². The molecule has 0 bridgehead atoms. The summed E-state index contributed by atoms with van der Waals surface area (Å²) in [5.41, 5.74) is 2.15. The lowest BCUT2D eigenvalue weighted by molar-refractivity contribution is -0.131. The molecule has 3 heteroatoms. The first-order chi connectivity index (χ1) is 8.65. The molecule has 0 saturated carbocycles. The number of rotatable bonds is 3. The predicted molar refractivity (Wildman–Crippen MR) is 73.7 cm³/mol. The van der Waals surface area contributed by atoms with Crippen molar-refractivity contribution in [2.24, 2.45) is 5.92 Å². The Balaban J connectivity index is 2.05. The van der Waals surface area contributed by atoms with Gasteiger partial charge in [-0.05, 0) is 42.5 Å². The number of hydrogen-bond acceptors (Lipinski definition) is 2. The number of hydrogen-bond donors (Lipinski definition) is 1. The number of anilines is 1. The van der Waals surface area contributed by atoms with Crippen LogP contribution < -0.4 is 4.90 Å². The van der Waals surface area contributed by atoms with Crippen LogP contribution >= 0.6 is 0 Å². The second-order valence-corrected chi connectivity index (χ2v) is 4.96. The van der Waals surface area contributed by atoms with Gasteiger partial charge in [-0.15, -0.1) is 0 Å². The molecule has 1 atom stereocenters. The molecule has 18 heavy (non-hydrogen) atoms. The number of aliphatic carboxylic acids is 1. The van der Waals surface area contributed by atoms with Crippen LogP contribution in [0.25, 0.3) is 6.08 Å². The molecule has 2 rings (SSSR count). The van der Waals surface area contributed by atoms with E-state index in [1.807, 2.05) is 12.1 Å². The number of carbonyl (C=O) groups is 1. The Bertz CT molecular complexity index is 436. The smallest absolute Gasteiger partial charge is 0.328 e. The topological polar surface area (TPSA) is 40.5 Å². The van der Waals surface area contributed by atoms with E-state index in [0.717, 1.165) is 30.6 Å². The average molecular weight is 245 g/mol. The average Bonchev–Trinajstić information content (AvgIpc) is 2.37. The van der Waals surface area contributed by atoms with Gasteiger partial charge in [-0.1, -0.05) is 19.1 Å². The lowest BCUT2D eigenvalue weighted by Gasteiger charge is -2.32. The van der Waals surface area contributed by atoms with Crippen molar-refractivity contribution >= 4 is 17.7 Å². The second kappa shape index (κ2) is 5.71. The van der Waals surface area contributed by atoms with Crippen LogP contribution in [-0.2, 0) is 4.79 Å². The van der Waals surface area contributed by atoms with Gasteiger partial charge in [0.2, 0.25) is 0 Å². The first kappa shape index (κ1) is 12.7. The summed E-state index contributed by atoms with van der Waals surface area (Å²) in [6.45, 7) is 4.52. The molecule has 96 valence electrons. The van der Waals surface area contributed by atoms with E-state index in [9.17, 15) is 4.79 Å². The van der Waals surface area contributed by atoms with Crippen molar-refractivity contribution in [3.05, 3.63) is 35.9 Å². The standard InChI is InChI=1S/C15H19NO2/c1-12-3-2-10-16(11-12)14-7-4-13(5-8-14)6-9-15(17)18/h4-9,12H,2-3,10-11H2,1H3,(H,17,18)/b9-6+. The van der Waals surface area contributed by atoms with E-state index in [0.29, 0.717) is 0 Å². The van der Waals surface area contributed by atoms with E-state index in [-0.39, 0.29) is 0 Å². The quantitative estimate of drug-likeness (QED) is 0.832. The lowest BCUT2D eigenvalue weighted by Crippen LogP contribution is -2.34. The molecular weight excluding hydrogens is 226 g/mol. The highest BCUT2D eigenvalue weighted by Gasteiger charge is 2.16. The van der Waals surface area contributed by atoms with Crippen molar-refractivity contribution in [2.45, 2.75) is 19.8 Å². The molecule has 0 radical (unpaired) electrons. The minimum atomic E-state index is -0.913. The van der Waals surface area contributed by atoms with Gasteiger partial charge in [-0.2, -0.15) is 0 Å². The molecule has 1 heterocycles. The second-order valence-electron chi connectivity index (χ2n) is 4.96. The maximum absolute atomic E-state index is 10.4. The predicted octanol–water partition coefficient (Wildman–Crippen LogP) is 3.02. The van der Waals surface area contributed by atoms with Crippen molar-refractivity contribution in [3.8, 4) is 0 Å². The third kappa shape index (κ3) is 3.36. The van der Waals surface area contributed by atoms with Crippen molar-refractivity contribution < 1.29 is 9.90 Å². The maximum atomic E-state index is 10.4. The Hall–Kier alpha value is -1.77. The number of carboxylic acid groups (broad SMARTS) is 1. The van der Waals surface area contributed by atoms with Crippen LogP contribution in [0.3, 0.4) is 0 Å². The molecule has 1 N–H and O–H groups in total. The van der Waals surface area contributed by atoms with Gasteiger partial charge in [0.05, 0.1) is 0 Å². The fourth-order valence-corrected chi connectivity index (χ4v) is 2.39. The molecule has 1 aromatic carbocycles. The lowest BCUT2D eigenvalue weighted by atomic mass is 9.99. The molecule has 1 aliphatic heterocycles. The molecule has 3 nitrogen and oxygen atoms in total. The molecule has 0 amide bonds. The number of benzene rings is 1. The summed E-state index contributed by atoms with van der Waals surface area (Å²) in [4.78, 5) is 12.8. The summed E-state index contributed by atoms with van der Waals surface area (Å²) in [5, 5.41) is 8.57. The largest absolute Gasteiger partial charge is 0.478 e. The van der Waals surface area contributed by atoms with Crippen molar-refractivity contribution in [2.75, 3.05) is 18.0 Å². The van der Waals surface area contributed by atoms with E-state index < -0.39 is 5.97 Å². The minimum absolute atomic E-state index is 0.755. The van der Waals surface area contributed by atoms with E-state index in [4.69, 9.17) is 5.11 Å². The molecule has 0 spiro atoms. The highest BCUT2D eigenvalue weighted by molar-refractivity contribution is 5.85. The van der Waals surface area contributed by atoms with E-state index >= 15 is 0 Å². The summed E-state index contributed by atoms with van der Waals surface area (Å²) in [5.74, 6) is -0.158. The van der Waals surface area contributed by atoms with Gasteiger partial charge >= 0.3 is 5.97 Å². The van der Waals surface area contributed by atoms with Gasteiger partial charge in [0.1, 0.15) is 0 Å². The Morgan fingerprint density at radius 1 is 1.39 bits per heavy atom. The number of nitrogens with zero attached hydrogens (tertiary/aromatic N) is 1. The number of piperidine rings is 1. The zero-order valence-corrected chi connectivity index (χ0v) is 10.7. The van der Waals surface area contributed by atoms with Gasteiger partial charge < -0.3 is 10.0 Å². The molecule has 0 aromatic heterocycles. The molecule has 1 aliphatic rings. The molecular formula is C15H19NO2. The van der Waals surface area contributed by atoms with Crippen LogP contribution in [0, 0.1) is 5.92 Å². The monoisotopic (exact) mass is 245 g/mol. The highest BCUT2D eigenvalue weighted by atomic mass is 16.4. The molecule has 1 aromatic rings. The molecule has 0 aliphatic carbocycles. The van der Waals surface area contributed by atoms with Gasteiger partial charge in [-0.3, -0.25) is 0 Å². The first-order valence-electron chi connectivity index (χ1n) is 6.41. The molecule has 1 fully saturated rings. The van der Waals surface area contributed by atoms with E-state index in [1.54, 1.807) is 6.08 Å². The minimum Gasteiger partial charge on any atom is -0.478 e. The molecule has 1 saturated heterocycles. The Labute approximate surface area is 108 Å². The van der Waals surface area contributed by atoms with E-state index in [1.165, 1.54) is 18.5 Å². The SMILES string of the molecule is CC1CCCN(c2ccc(/C=C/C(=O)O)cc2)C1. The summed E-state index contributed by atoms with van der Waals surface area (Å²) in [6.07, 6.45) is 5.35. The van der Waals surface area contributed by atoms with Crippen LogP contribution in [0.4, 0.5) is 5.69 Å². The summed E-state index contributed by atoms with van der Waals surface area (Å²) < 4.78 is 0. The van der Waals surface area contributed by atoms with Gasteiger partial charge in [0.15, 0.2) is 0 Å². The number of carboxylic acids is 1. The van der Waals surface area contributed by atoms with Crippen molar-refractivity contribution in [1.29, 1.82) is 0 Å². The first-order valence-corrected chi connectivity index (χ1v) is 6.41. The van der Waals surface area contributed by atoms with E-state index in [2.05, 4.69) is 24.0 Å². The van der Waals surface area contributed by atoms with Crippen LogP contribution in [0.2, 0.25) is 0 Å². The third-order valence-electron chi connectivity index (χ3n) is 3.33. The van der Waals surface area contributed by atoms with Crippen LogP contribution in [0.15, 0.2) is 30.3 Å². The third-order valence-corrected chi connectivity index (χ3v) is 3.33. The molecule has 1 unspecified atom stereocenters. The summed E-state index contributed by atoms with van der Waals surface area (Å²) in [6, 6.07) is 8.07. The maximum Gasteiger partial charge on any atom is 0.328 e. The van der Waals surface area contributed by atoms with Gasteiger partial charge in [-0.25, -0.2) is 4.79 Å². The van der Waals surface area contributed by atoms with Crippen LogP contribution in [0.1, 0.15) is 25.3 Å². The van der Waals surface area contributed by atoms with Crippen LogP contribution in [0.5, 0.6) is 0 Å². The highest BCUT2D eigenvalue weighted by Crippen LogP contribution is 2.23. The Morgan fingerprint density at radius 3 is 2.72 bits per heavy atom. The Kier molecular flexibility index (Phi) is 4.03. The zero-order valence-electron chi connectivity index (χ0n) is 10.7. The fraction of sp³-hybridized carbons (Fsp3) is 0.400. The fourth-order valence-electron chi connectivity index (χ4n) is 2.39. The van der Waals surface area contributed by atoms with Gasteiger partial charge in [0, 0.05) is 24.9 Å². The summed E-state index contributed by atoms with van der Waals surface area (Å²) >= 11 is 0. The summed E-state index contributed by atoms with van der Waals surface area (Å²) in [7, 11) is 0.